The lowest BCUT2D eigenvalue weighted by molar-refractivity contribution is 0.0981. The van der Waals surface area contributed by atoms with E-state index in [2.05, 4.69) is 4.72 Å². The van der Waals surface area contributed by atoms with Crippen LogP contribution in [0.1, 0.15) is 22.8 Å². The van der Waals surface area contributed by atoms with Crippen molar-refractivity contribution in [3.63, 3.8) is 0 Å². The molecule has 0 heterocycles. The largest absolute Gasteiger partial charge is 0.495 e. The Bertz CT molecular complexity index is 767. The number of benzene rings is 2. The van der Waals surface area contributed by atoms with Gasteiger partial charge in [0.2, 0.25) is 0 Å². The number of sulfonamides is 1. The van der Waals surface area contributed by atoms with Crippen LogP contribution in [0.15, 0.2) is 53.4 Å². The van der Waals surface area contributed by atoms with Crippen molar-refractivity contribution in [1.29, 1.82) is 0 Å². The first-order valence-electron chi connectivity index (χ1n) is 6.77. The maximum absolute atomic E-state index is 12.3. The highest BCUT2D eigenvalue weighted by Gasteiger charge is 2.22. The SMILES string of the molecule is CCc1ccc(C(=O)NS(=O)(=O)c2ccccc2OC)cc1. The number of carbonyl (C=O) groups is 1. The van der Waals surface area contributed by atoms with Gasteiger partial charge in [0.25, 0.3) is 15.9 Å². The Morgan fingerprint density at radius 2 is 1.73 bits per heavy atom. The van der Waals surface area contributed by atoms with Gasteiger partial charge < -0.3 is 4.74 Å². The number of nitrogens with one attached hydrogen (secondary N) is 1. The van der Waals surface area contributed by atoms with Gasteiger partial charge in [-0.1, -0.05) is 31.2 Å². The predicted octanol–water partition coefficient (Wildman–Crippen LogP) is 2.38. The van der Waals surface area contributed by atoms with Gasteiger partial charge in [-0.25, -0.2) is 13.1 Å². The number of methoxy groups -OCH3 is 1. The number of para-hydroxylation sites is 1. The highest BCUT2D eigenvalue weighted by Crippen LogP contribution is 2.22. The van der Waals surface area contributed by atoms with Crippen molar-refractivity contribution >= 4 is 15.9 Å². The van der Waals surface area contributed by atoms with E-state index < -0.39 is 15.9 Å². The summed E-state index contributed by atoms with van der Waals surface area (Å²) in [5, 5.41) is 0. The predicted molar refractivity (Wildman–Crippen MR) is 83.5 cm³/mol. The zero-order chi connectivity index (χ0) is 16.2. The van der Waals surface area contributed by atoms with E-state index in [0.29, 0.717) is 0 Å². The van der Waals surface area contributed by atoms with Crippen LogP contribution >= 0.6 is 0 Å². The summed E-state index contributed by atoms with van der Waals surface area (Å²) in [4.78, 5) is 12.0. The molecule has 6 heteroatoms. The smallest absolute Gasteiger partial charge is 0.268 e. The van der Waals surface area contributed by atoms with Crippen molar-refractivity contribution in [3.05, 3.63) is 59.7 Å². The fourth-order valence-corrected chi connectivity index (χ4v) is 3.11. The second-order valence-electron chi connectivity index (χ2n) is 4.64. The van der Waals surface area contributed by atoms with Crippen molar-refractivity contribution < 1.29 is 17.9 Å². The molecule has 1 amide bonds. The molecule has 0 radical (unpaired) electrons. The van der Waals surface area contributed by atoms with Gasteiger partial charge in [0, 0.05) is 5.56 Å². The van der Waals surface area contributed by atoms with E-state index in [0.717, 1.165) is 12.0 Å². The fourth-order valence-electron chi connectivity index (χ4n) is 1.97. The van der Waals surface area contributed by atoms with Gasteiger partial charge in [0.1, 0.15) is 10.6 Å². The first-order chi connectivity index (χ1) is 10.5. The summed E-state index contributed by atoms with van der Waals surface area (Å²) in [6.45, 7) is 2.00. The number of aryl methyl sites for hydroxylation is 1. The molecule has 116 valence electrons. The average Bonchev–Trinajstić information content (AvgIpc) is 2.54. The summed E-state index contributed by atoms with van der Waals surface area (Å²) in [7, 11) is -2.62. The molecule has 0 saturated heterocycles. The molecular formula is C16H17NO4S. The van der Waals surface area contributed by atoms with Gasteiger partial charge in [0.15, 0.2) is 0 Å². The number of ether oxygens (including phenoxy) is 1. The normalized spacial score (nSPS) is 11.0. The molecule has 1 N–H and O–H groups in total. The quantitative estimate of drug-likeness (QED) is 0.918. The van der Waals surface area contributed by atoms with Crippen LogP contribution in [-0.2, 0) is 16.4 Å². The molecule has 0 atom stereocenters. The zero-order valence-corrected chi connectivity index (χ0v) is 13.2. The van der Waals surface area contributed by atoms with E-state index in [-0.39, 0.29) is 16.2 Å². The lowest BCUT2D eigenvalue weighted by Crippen LogP contribution is -2.30. The van der Waals surface area contributed by atoms with E-state index in [1.807, 2.05) is 6.92 Å². The van der Waals surface area contributed by atoms with E-state index in [9.17, 15) is 13.2 Å². The molecule has 0 aromatic heterocycles. The molecular weight excluding hydrogens is 302 g/mol. The molecule has 2 aromatic carbocycles. The monoisotopic (exact) mass is 319 g/mol. The lowest BCUT2D eigenvalue weighted by Gasteiger charge is -2.10. The van der Waals surface area contributed by atoms with Crippen LogP contribution in [0.5, 0.6) is 5.75 Å². The van der Waals surface area contributed by atoms with E-state index in [1.54, 1.807) is 36.4 Å². The molecule has 0 spiro atoms. The standard InChI is InChI=1S/C16H17NO4S/c1-3-12-8-10-13(11-9-12)16(18)17-22(19,20)15-7-5-4-6-14(15)21-2/h4-11H,3H2,1-2H3,(H,17,18). The summed E-state index contributed by atoms with van der Waals surface area (Å²) < 4.78 is 31.7. The van der Waals surface area contributed by atoms with E-state index in [1.165, 1.54) is 19.2 Å². The molecule has 0 fully saturated rings. The van der Waals surface area contributed by atoms with Gasteiger partial charge >= 0.3 is 0 Å². The van der Waals surface area contributed by atoms with Crippen LogP contribution in [0.4, 0.5) is 0 Å². The summed E-state index contributed by atoms with van der Waals surface area (Å²) in [6, 6.07) is 12.9. The second-order valence-corrected chi connectivity index (χ2v) is 6.29. The van der Waals surface area contributed by atoms with Crippen molar-refractivity contribution in [2.45, 2.75) is 18.2 Å². The minimum atomic E-state index is -3.99. The minimum absolute atomic E-state index is 0.0731. The van der Waals surface area contributed by atoms with Gasteiger partial charge in [-0.15, -0.1) is 0 Å². The zero-order valence-electron chi connectivity index (χ0n) is 12.4. The molecule has 0 aliphatic rings. The van der Waals surface area contributed by atoms with Crippen LogP contribution in [0.3, 0.4) is 0 Å². The van der Waals surface area contributed by atoms with Gasteiger partial charge in [-0.05, 0) is 36.2 Å². The maximum atomic E-state index is 12.3. The second kappa shape index (κ2) is 6.62. The highest BCUT2D eigenvalue weighted by molar-refractivity contribution is 7.90. The third-order valence-electron chi connectivity index (χ3n) is 3.21. The summed E-state index contributed by atoms with van der Waals surface area (Å²) >= 11 is 0. The summed E-state index contributed by atoms with van der Waals surface area (Å²) in [5.41, 5.74) is 1.36. The van der Waals surface area contributed by atoms with E-state index >= 15 is 0 Å². The maximum Gasteiger partial charge on any atom is 0.268 e. The first-order valence-corrected chi connectivity index (χ1v) is 8.25. The molecule has 0 bridgehead atoms. The molecule has 5 nitrogen and oxygen atoms in total. The number of hydrogen-bond donors (Lipinski definition) is 1. The Morgan fingerprint density at radius 1 is 1.09 bits per heavy atom. The van der Waals surface area contributed by atoms with E-state index in [4.69, 9.17) is 4.74 Å². The van der Waals surface area contributed by atoms with Crippen molar-refractivity contribution in [3.8, 4) is 5.75 Å². The Hall–Kier alpha value is -2.34. The first kappa shape index (κ1) is 16.0. The third kappa shape index (κ3) is 3.46. The number of carbonyl (C=O) groups excluding carboxylic acids is 1. The number of hydrogen-bond acceptors (Lipinski definition) is 4. The Balaban J connectivity index is 2.25. The molecule has 2 aromatic rings. The van der Waals surface area contributed by atoms with Crippen molar-refractivity contribution in [1.82, 2.24) is 4.72 Å². The average molecular weight is 319 g/mol. The van der Waals surface area contributed by atoms with Gasteiger partial charge in [0.05, 0.1) is 7.11 Å². The van der Waals surface area contributed by atoms with Crippen LogP contribution in [0, 0.1) is 0 Å². The van der Waals surface area contributed by atoms with Gasteiger partial charge in [-0.3, -0.25) is 4.79 Å². The molecule has 0 saturated carbocycles. The Labute approximate surface area is 130 Å². The van der Waals surface area contributed by atoms with Crippen molar-refractivity contribution in [2.24, 2.45) is 0 Å². The van der Waals surface area contributed by atoms with Crippen LogP contribution in [-0.4, -0.2) is 21.4 Å². The lowest BCUT2D eigenvalue weighted by atomic mass is 10.1. The molecule has 2 rings (SSSR count). The van der Waals surface area contributed by atoms with Crippen molar-refractivity contribution in [2.75, 3.05) is 7.11 Å². The Morgan fingerprint density at radius 3 is 2.32 bits per heavy atom. The van der Waals surface area contributed by atoms with Crippen LogP contribution in [0.25, 0.3) is 0 Å². The third-order valence-corrected chi connectivity index (χ3v) is 4.58. The summed E-state index contributed by atoms with van der Waals surface area (Å²) in [5.74, 6) is -0.488. The van der Waals surface area contributed by atoms with Crippen LogP contribution in [0.2, 0.25) is 0 Å². The Kier molecular flexibility index (Phi) is 4.82. The highest BCUT2D eigenvalue weighted by atomic mass is 32.2. The molecule has 22 heavy (non-hydrogen) atoms. The fraction of sp³-hybridized carbons (Fsp3) is 0.188. The number of amides is 1. The number of rotatable bonds is 5. The molecule has 0 aliphatic heterocycles. The summed E-state index contributed by atoms with van der Waals surface area (Å²) in [6.07, 6.45) is 0.849. The topological polar surface area (TPSA) is 72.5 Å². The minimum Gasteiger partial charge on any atom is -0.495 e. The molecule has 0 unspecified atom stereocenters. The molecule has 0 aliphatic carbocycles. The van der Waals surface area contributed by atoms with Gasteiger partial charge in [-0.2, -0.15) is 0 Å². The van der Waals surface area contributed by atoms with Crippen LogP contribution < -0.4 is 9.46 Å².